The van der Waals surface area contributed by atoms with Crippen molar-refractivity contribution in [1.29, 1.82) is 0 Å². The summed E-state index contributed by atoms with van der Waals surface area (Å²) >= 11 is 0. The SMILES string of the molecule is C=C(C)C(=O)OCCc1cc(-c2ccc(-c3ccc(CCCCC)cc3)c(C)c2)ccc1CCO. The standard InChI is InChI=1S/C32H38O3/c1-5-6-7-8-25-9-11-27(12-10-25)31-16-15-28(21-24(31)4)29-14-13-26(17-19-33)30(22-29)18-20-35-32(34)23(2)3/h9-16,21-22,33H,2,5-8,17-20H2,1,3-4H3. The first kappa shape index (κ1) is 26.4. The minimum absolute atomic E-state index is 0.0864. The van der Waals surface area contributed by atoms with Gasteiger partial charge in [0.05, 0.1) is 6.61 Å². The second-order valence-corrected chi connectivity index (χ2v) is 9.31. The molecule has 3 aromatic rings. The van der Waals surface area contributed by atoms with E-state index in [9.17, 15) is 9.90 Å². The Kier molecular flexibility index (Phi) is 9.86. The first-order chi connectivity index (χ1) is 16.9. The van der Waals surface area contributed by atoms with Crippen LogP contribution in [0.25, 0.3) is 22.3 Å². The van der Waals surface area contributed by atoms with Crippen molar-refractivity contribution in [2.45, 2.75) is 59.3 Å². The van der Waals surface area contributed by atoms with Gasteiger partial charge < -0.3 is 9.84 Å². The summed E-state index contributed by atoms with van der Waals surface area (Å²) in [6, 6.07) is 21.9. The highest BCUT2D eigenvalue weighted by Crippen LogP contribution is 2.30. The van der Waals surface area contributed by atoms with Gasteiger partial charge in [-0.2, -0.15) is 0 Å². The summed E-state index contributed by atoms with van der Waals surface area (Å²) in [5.41, 5.74) is 9.97. The van der Waals surface area contributed by atoms with Crippen LogP contribution in [-0.2, 0) is 28.8 Å². The molecule has 0 saturated carbocycles. The van der Waals surface area contributed by atoms with Crippen LogP contribution < -0.4 is 0 Å². The van der Waals surface area contributed by atoms with E-state index in [4.69, 9.17) is 4.74 Å². The van der Waals surface area contributed by atoms with Crippen LogP contribution in [0.3, 0.4) is 0 Å². The molecule has 0 aliphatic carbocycles. The summed E-state index contributed by atoms with van der Waals surface area (Å²) in [6.45, 7) is 10.1. The van der Waals surface area contributed by atoms with Crippen molar-refractivity contribution in [1.82, 2.24) is 0 Å². The van der Waals surface area contributed by atoms with Crippen molar-refractivity contribution in [3.8, 4) is 22.3 Å². The number of benzene rings is 3. The molecule has 3 aromatic carbocycles. The molecule has 0 radical (unpaired) electrons. The monoisotopic (exact) mass is 470 g/mol. The molecule has 3 nitrogen and oxygen atoms in total. The average Bonchev–Trinajstić information content (AvgIpc) is 2.85. The Bertz CT molecular complexity index is 1140. The van der Waals surface area contributed by atoms with Crippen LogP contribution in [0.4, 0.5) is 0 Å². The number of hydrogen-bond acceptors (Lipinski definition) is 3. The second-order valence-electron chi connectivity index (χ2n) is 9.31. The Morgan fingerprint density at radius 2 is 1.54 bits per heavy atom. The maximum Gasteiger partial charge on any atom is 0.333 e. The lowest BCUT2D eigenvalue weighted by atomic mass is 9.92. The van der Waals surface area contributed by atoms with Gasteiger partial charge >= 0.3 is 5.97 Å². The second kappa shape index (κ2) is 13.1. The molecule has 0 spiro atoms. The van der Waals surface area contributed by atoms with Crippen LogP contribution in [0, 0.1) is 6.92 Å². The molecule has 3 heteroatoms. The number of aliphatic hydroxyl groups excluding tert-OH is 1. The summed E-state index contributed by atoms with van der Waals surface area (Å²) in [4.78, 5) is 11.7. The van der Waals surface area contributed by atoms with Crippen LogP contribution in [0.2, 0.25) is 0 Å². The Hall–Kier alpha value is -3.17. The van der Waals surface area contributed by atoms with E-state index in [-0.39, 0.29) is 12.6 Å². The highest BCUT2D eigenvalue weighted by Gasteiger charge is 2.10. The van der Waals surface area contributed by atoms with Gasteiger partial charge in [-0.15, -0.1) is 0 Å². The number of esters is 1. The molecule has 1 N–H and O–H groups in total. The molecule has 0 bridgehead atoms. The first-order valence-corrected chi connectivity index (χ1v) is 12.7. The van der Waals surface area contributed by atoms with Gasteiger partial charge in [0, 0.05) is 18.6 Å². The summed E-state index contributed by atoms with van der Waals surface area (Å²) < 4.78 is 5.30. The molecule has 0 aliphatic heterocycles. The molecule has 3 rings (SSSR count). The fourth-order valence-electron chi connectivity index (χ4n) is 4.38. The third kappa shape index (κ3) is 7.40. The molecular weight excluding hydrogens is 432 g/mol. The number of carbonyl (C=O) groups excluding carboxylic acids is 1. The summed E-state index contributed by atoms with van der Waals surface area (Å²) in [5, 5.41) is 9.47. The lowest BCUT2D eigenvalue weighted by Crippen LogP contribution is -2.09. The van der Waals surface area contributed by atoms with Gasteiger partial charge in [-0.05, 0) is 77.6 Å². The lowest BCUT2D eigenvalue weighted by molar-refractivity contribution is -0.138. The maximum atomic E-state index is 11.7. The molecule has 0 fully saturated rings. The fourth-order valence-corrected chi connectivity index (χ4v) is 4.38. The number of aliphatic hydroxyl groups is 1. The van der Waals surface area contributed by atoms with Crippen molar-refractivity contribution >= 4 is 5.97 Å². The van der Waals surface area contributed by atoms with Crippen LogP contribution >= 0.6 is 0 Å². The predicted molar refractivity (Wildman–Crippen MR) is 146 cm³/mol. The van der Waals surface area contributed by atoms with Gasteiger partial charge in [0.2, 0.25) is 0 Å². The maximum absolute atomic E-state index is 11.7. The third-order valence-corrected chi connectivity index (χ3v) is 6.43. The number of ether oxygens (including phenoxy) is 1. The number of hydrogen-bond donors (Lipinski definition) is 1. The van der Waals surface area contributed by atoms with Crippen molar-refractivity contribution in [2.75, 3.05) is 13.2 Å². The van der Waals surface area contributed by atoms with Gasteiger partial charge in [0.1, 0.15) is 0 Å². The normalized spacial score (nSPS) is 10.9. The molecule has 0 unspecified atom stereocenters. The average molecular weight is 471 g/mol. The van der Waals surface area contributed by atoms with E-state index in [0.29, 0.717) is 25.0 Å². The van der Waals surface area contributed by atoms with Gasteiger partial charge in [-0.3, -0.25) is 0 Å². The third-order valence-electron chi connectivity index (χ3n) is 6.43. The number of rotatable bonds is 12. The smallest absolute Gasteiger partial charge is 0.333 e. The molecular formula is C32H38O3. The highest BCUT2D eigenvalue weighted by atomic mass is 16.5. The molecule has 35 heavy (non-hydrogen) atoms. The molecule has 0 saturated heterocycles. The number of aryl methyl sites for hydroxylation is 2. The predicted octanol–water partition coefficient (Wildman–Crippen LogP) is 7.26. The van der Waals surface area contributed by atoms with Gasteiger partial charge in [0.15, 0.2) is 0 Å². The lowest BCUT2D eigenvalue weighted by Gasteiger charge is -2.14. The van der Waals surface area contributed by atoms with Gasteiger partial charge in [-0.25, -0.2) is 4.79 Å². The zero-order chi connectivity index (χ0) is 25.2. The summed E-state index contributed by atoms with van der Waals surface area (Å²) in [5.74, 6) is -0.370. The van der Waals surface area contributed by atoms with Crippen molar-refractivity contribution in [3.63, 3.8) is 0 Å². The quantitative estimate of drug-likeness (QED) is 0.172. The highest BCUT2D eigenvalue weighted by molar-refractivity contribution is 5.86. The topological polar surface area (TPSA) is 46.5 Å². The summed E-state index contributed by atoms with van der Waals surface area (Å²) in [7, 11) is 0. The molecule has 0 aromatic heterocycles. The van der Waals surface area contributed by atoms with E-state index in [1.54, 1.807) is 6.92 Å². The summed E-state index contributed by atoms with van der Waals surface area (Å²) in [6.07, 6.45) is 6.11. The van der Waals surface area contributed by atoms with Crippen molar-refractivity contribution in [3.05, 3.63) is 95.1 Å². The zero-order valence-corrected chi connectivity index (χ0v) is 21.4. The molecule has 184 valence electrons. The minimum Gasteiger partial charge on any atom is -0.462 e. The van der Waals surface area contributed by atoms with Crippen LogP contribution in [0.1, 0.15) is 55.4 Å². The molecule has 0 aliphatic rings. The Morgan fingerprint density at radius 3 is 2.20 bits per heavy atom. The molecule has 0 atom stereocenters. The van der Waals surface area contributed by atoms with Gasteiger partial charge in [0.25, 0.3) is 0 Å². The van der Waals surface area contributed by atoms with Crippen molar-refractivity contribution in [2.24, 2.45) is 0 Å². The first-order valence-electron chi connectivity index (χ1n) is 12.7. The Morgan fingerprint density at radius 1 is 0.857 bits per heavy atom. The number of unbranched alkanes of at least 4 members (excludes halogenated alkanes) is 2. The number of carbonyl (C=O) groups is 1. The van der Waals surface area contributed by atoms with Gasteiger partial charge in [-0.1, -0.05) is 87.0 Å². The van der Waals surface area contributed by atoms with E-state index in [2.05, 4.69) is 81.1 Å². The molecule has 0 heterocycles. The fraction of sp³-hybridized carbons (Fsp3) is 0.344. The van der Waals surface area contributed by atoms with Crippen LogP contribution in [0.5, 0.6) is 0 Å². The Labute approximate surface area is 210 Å². The van der Waals surface area contributed by atoms with E-state index in [1.807, 2.05) is 0 Å². The van der Waals surface area contributed by atoms with Crippen LogP contribution in [0.15, 0.2) is 72.8 Å². The Balaban J connectivity index is 1.78. The largest absolute Gasteiger partial charge is 0.462 e. The zero-order valence-electron chi connectivity index (χ0n) is 21.4. The van der Waals surface area contributed by atoms with Crippen molar-refractivity contribution < 1.29 is 14.6 Å². The minimum atomic E-state index is -0.370. The van der Waals surface area contributed by atoms with E-state index >= 15 is 0 Å². The van der Waals surface area contributed by atoms with E-state index < -0.39 is 0 Å². The molecule has 0 amide bonds. The van der Waals surface area contributed by atoms with Crippen LogP contribution in [-0.4, -0.2) is 24.3 Å². The van der Waals surface area contributed by atoms with E-state index in [0.717, 1.165) is 28.7 Å². The van der Waals surface area contributed by atoms with E-state index in [1.165, 1.54) is 41.5 Å².